The van der Waals surface area contributed by atoms with Crippen molar-refractivity contribution in [3.8, 4) is 0 Å². The first-order valence-electron chi connectivity index (χ1n) is 6.87. The molecule has 3 amide bonds. The Morgan fingerprint density at radius 1 is 1.00 bits per heavy atom. The van der Waals surface area contributed by atoms with Crippen LogP contribution in [0.4, 0.5) is 5.69 Å². The molecule has 1 aliphatic rings. The van der Waals surface area contributed by atoms with E-state index in [-0.39, 0.29) is 27.3 Å². The van der Waals surface area contributed by atoms with Gasteiger partial charge in [0.15, 0.2) is 9.84 Å². The fraction of sp³-hybridized carbons (Fsp3) is 0.0625. The van der Waals surface area contributed by atoms with Crippen molar-refractivity contribution >= 4 is 33.2 Å². The molecule has 3 rings (SSSR count). The smallest absolute Gasteiger partial charge is 0.261 e. The average Bonchev–Trinajstić information content (AvgIpc) is 2.82. The number of amides is 3. The van der Waals surface area contributed by atoms with Crippen molar-refractivity contribution in [2.75, 3.05) is 11.6 Å². The van der Waals surface area contributed by atoms with Gasteiger partial charge in [0.25, 0.3) is 17.7 Å². The molecule has 8 heteroatoms. The number of hydrogen-bond donors (Lipinski definition) is 2. The van der Waals surface area contributed by atoms with Gasteiger partial charge in [0.05, 0.1) is 21.7 Å². The van der Waals surface area contributed by atoms with Gasteiger partial charge in [0.2, 0.25) is 0 Å². The second kappa shape index (κ2) is 5.57. The molecule has 2 N–H and O–H groups in total. The van der Waals surface area contributed by atoms with Crippen molar-refractivity contribution < 1.29 is 22.8 Å². The summed E-state index contributed by atoms with van der Waals surface area (Å²) in [4.78, 5) is 35.8. The second-order valence-corrected chi connectivity index (χ2v) is 7.28. The molecule has 0 radical (unpaired) electrons. The molecule has 0 atom stereocenters. The molecule has 122 valence electrons. The van der Waals surface area contributed by atoms with Crippen molar-refractivity contribution in [3.05, 3.63) is 59.2 Å². The van der Waals surface area contributed by atoms with Crippen LogP contribution >= 0.6 is 0 Å². The van der Waals surface area contributed by atoms with Gasteiger partial charge < -0.3 is 5.32 Å². The lowest BCUT2D eigenvalue weighted by Gasteiger charge is -2.08. The molecule has 2 aromatic rings. The molecular weight excluding hydrogens is 332 g/mol. The molecule has 0 saturated carbocycles. The van der Waals surface area contributed by atoms with Crippen LogP contribution in [0.1, 0.15) is 31.1 Å². The molecule has 7 nitrogen and oxygen atoms in total. The molecular formula is C16H12N2O5S. The highest BCUT2D eigenvalue weighted by Gasteiger charge is 2.29. The van der Waals surface area contributed by atoms with E-state index in [0.717, 1.165) is 6.26 Å². The van der Waals surface area contributed by atoms with Crippen molar-refractivity contribution in [2.24, 2.45) is 0 Å². The highest BCUT2D eigenvalue weighted by atomic mass is 32.2. The normalized spacial score (nSPS) is 13.4. The number of rotatable bonds is 3. The monoisotopic (exact) mass is 344 g/mol. The Bertz CT molecular complexity index is 978. The Kier molecular flexibility index (Phi) is 3.69. The Labute approximate surface area is 137 Å². The zero-order chi connectivity index (χ0) is 17.5. The van der Waals surface area contributed by atoms with E-state index in [0.29, 0.717) is 0 Å². The number of hydrogen-bond acceptors (Lipinski definition) is 5. The van der Waals surface area contributed by atoms with Crippen LogP contribution in [0.2, 0.25) is 0 Å². The van der Waals surface area contributed by atoms with E-state index in [1.54, 1.807) is 6.07 Å². The molecule has 0 fully saturated rings. The van der Waals surface area contributed by atoms with E-state index in [1.807, 2.05) is 0 Å². The molecule has 24 heavy (non-hydrogen) atoms. The maximum atomic E-state index is 12.3. The number of sulfone groups is 1. The second-order valence-electron chi connectivity index (χ2n) is 5.26. The first kappa shape index (κ1) is 15.9. The highest BCUT2D eigenvalue weighted by Crippen LogP contribution is 2.24. The minimum atomic E-state index is -3.35. The van der Waals surface area contributed by atoms with Gasteiger partial charge in [-0.25, -0.2) is 8.42 Å². The predicted octanol–water partition coefficient (Wildman–Crippen LogP) is 1.23. The largest absolute Gasteiger partial charge is 0.321 e. The SMILES string of the molecule is CS(=O)(=O)c1ccc(C(=O)Nc2cccc3c2C(=O)NC3=O)cc1. The summed E-state index contributed by atoms with van der Waals surface area (Å²) in [5.41, 5.74) is 0.756. The summed E-state index contributed by atoms with van der Waals surface area (Å²) >= 11 is 0. The van der Waals surface area contributed by atoms with Gasteiger partial charge in [-0.05, 0) is 36.4 Å². The number of fused-ring (bicyclic) bond motifs is 1. The van der Waals surface area contributed by atoms with E-state index >= 15 is 0 Å². The first-order chi connectivity index (χ1) is 11.3. The number of imide groups is 1. The summed E-state index contributed by atoms with van der Waals surface area (Å²) in [7, 11) is -3.35. The van der Waals surface area contributed by atoms with Gasteiger partial charge in [-0.1, -0.05) is 6.07 Å². The van der Waals surface area contributed by atoms with Crippen LogP contribution in [0.15, 0.2) is 47.4 Å². The van der Waals surface area contributed by atoms with Gasteiger partial charge in [0.1, 0.15) is 0 Å². The Morgan fingerprint density at radius 3 is 2.29 bits per heavy atom. The molecule has 1 heterocycles. The summed E-state index contributed by atoms with van der Waals surface area (Å²) < 4.78 is 22.8. The van der Waals surface area contributed by atoms with Gasteiger partial charge >= 0.3 is 0 Å². The molecule has 1 aliphatic heterocycles. The molecule has 0 bridgehead atoms. The molecule has 0 spiro atoms. The molecule has 0 saturated heterocycles. The standard InChI is InChI=1S/C16H12N2O5S/c1-24(22,23)10-7-5-9(6-8-10)14(19)17-12-4-2-3-11-13(12)16(21)18-15(11)20/h2-8H,1H3,(H,17,19)(H,18,20,21). The Morgan fingerprint density at radius 2 is 1.67 bits per heavy atom. The number of carbonyl (C=O) groups excluding carboxylic acids is 3. The van der Waals surface area contributed by atoms with Crippen molar-refractivity contribution in [3.63, 3.8) is 0 Å². The maximum absolute atomic E-state index is 12.3. The van der Waals surface area contributed by atoms with Gasteiger partial charge in [0, 0.05) is 11.8 Å². The molecule has 2 aromatic carbocycles. The number of benzene rings is 2. The molecule has 0 aromatic heterocycles. The van der Waals surface area contributed by atoms with E-state index < -0.39 is 27.6 Å². The van der Waals surface area contributed by atoms with E-state index in [2.05, 4.69) is 10.6 Å². The van der Waals surface area contributed by atoms with E-state index in [9.17, 15) is 22.8 Å². The zero-order valence-electron chi connectivity index (χ0n) is 12.5. The topological polar surface area (TPSA) is 109 Å². The summed E-state index contributed by atoms with van der Waals surface area (Å²) in [5, 5.41) is 4.73. The van der Waals surface area contributed by atoms with Crippen LogP contribution in [-0.4, -0.2) is 32.4 Å². The third-order valence-corrected chi connectivity index (χ3v) is 4.68. The number of carbonyl (C=O) groups is 3. The predicted molar refractivity (Wildman–Crippen MR) is 85.7 cm³/mol. The quantitative estimate of drug-likeness (QED) is 0.814. The number of nitrogens with one attached hydrogen (secondary N) is 2. The van der Waals surface area contributed by atoms with Crippen LogP contribution in [0.5, 0.6) is 0 Å². The lowest BCUT2D eigenvalue weighted by molar-refractivity contribution is 0.0879. The molecule has 0 aliphatic carbocycles. The fourth-order valence-corrected chi connectivity index (χ4v) is 3.00. The summed E-state index contributed by atoms with van der Waals surface area (Å²) in [5.74, 6) is -1.60. The van der Waals surface area contributed by atoms with Crippen LogP contribution in [0.25, 0.3) is 0 Å². The van der Waals surface area contributed by atoms with Crippen LogP contribution < -0.4 is 10.6 Å². The van der Waals surface area contributed by atoms with Gasteiger partial charge in [-0.15, -0.1) is 0 Å². The van der Waals surface area contributed by atoms with Crippen LogP contribution in [0.3, 0.4) is 0 Å². The Balaban J connectivity index is 1.89. The van der Waals surface area contributed by atoms with E-state index in [1.165, 1.54) is 36.4 Å². The fourth-order valence-electron chi connectivity index (χ4n) is 2.37. The highest BCUT2D eigenvalue weighted by molar-refractivity contribution is 7.90. The van der Waals surface area contributed by atoms with Crippen molar-refractivity contribution in [1.82, 2.24) is 5.32 Å². The van der Waals surface area contributed by atoms with Crippen molar-refractivity contribution in [1.29, 1.82) is 0 Å². The summed E-state index contributed by atoms with van der Waals surface area (Å²) in [6.45, 7) is 0. The third kappa shape index (κ3) is 2.79. The third-order valence-electron chi connectivity index (χ3n) is 3.56. The Hall–Kier alpha value is -3.00. The van der Waals surface area contributed by atoms with Crippen LogP contribution in [0, 0.1) is 0 Å². The number of anilines is 1. The summed E-state index contributed by atoms with van der Waals surface area (Å²) in [6, 6.07) is 9.97. The molecule has 0 unspecified atom stereocenters. The van der Waals surface area contributed by atoms with Crippen molar-refractivity contribution in [2.45, 2.75) is 4.90 Å². The minimum Gasteiger partial charge on any atom is -0.321 e. The summed E-state index contributed by atoms with van der Waals surface area (Å²) in [6.07, 6.45) is 1.07. The van der Waals surface area contributed by atoms with Gasteiger partial charge in [-0.2, -0.15) is 0 Å². The maximum Gasteiger partial charge on any atom is 0.261 e. The van der Waals surface area contributed by atoms with E-state index in [4.69, 9.17) is 0 Å². The average molecular weight is 344 g/mol. The lowest BCUT2D eigenvalue weighted by Crippen LogP contribution is -2.20. The first-order valence-corrected chi connectivity index (χ1v) is 8.76. The minimum absolute atomic E-state index is 0.102. The lowest BCUT2D eigenvalue weighted by atomic mass is 10.1. The van der Waals surface area contributed by atoms with Crippen LogP contribution in [-0.2, 0) is 9.84 Å². The van der Waals surface area contributed by atoms with Gasteiger partial charge in [-0.3, -0.25) is 19.7 Å². The zero-order valence-corrected chi connectivity index (χ0v) is 13.3.